The lowest BCUT2D eigenvalue weighted by atomic mass is 10.0. The first-order valence-electron chi connectivity index (χ1n) is 6.77. The fourth-order valence-corrected chi connectivity index (χ4v) is 3.45. The van der Waals surface area contributed by atoms with Crippen molar-refractivity contribution in [2.24, 2.45) is 5.92 Å². The number of hydrogen-bond donors (Lipinski definition) is 3. The highest BCUT2D eigenvalue weighted by Gasteiger charge is 2.28. The molecule has 0 bridgehead atoms. The minimum absolute atomic E-state index is 0.00221. The third-order valence-electron chi connectivity index (χ3n) is 3.38. The molecule has 1 fully saturated rings. The van der Waals surface area contributed by atoms with Crippen molar-refractivity contribution >= 4 is 17.8 Å². The third kappa shape index (κ3) is 5.06. The molecule has 0 aromatic rings. The number of urea groups is 1. The summed E-state index contributed by atoms with van der Waals surface area (Å²) in [7, 11) is 0. The van der Waals surface area contributed by atoms with E-state index in [1.807, 2.05) is 11.8 Å². The van der Waals surface area contributed by atoms with E-state index >= 15 is 0 Å². The van der Waals surface area contributed by atoms with Gasteiger partial charge >= 0.3 is 6.03 Å². The van der Waals surface area contributed by atoms with Crippen molar-refractivity contribution < 1.29 is 9.90 Å². The van der Waals surface area contributed by atoms with Gasteiger partial charge in [0.15, 0.2) is 0 Å². The van der Waals surface area contributed by atoms with Crippen LogP contribution < -0.4 is 10.6 Å². The summed E-state index contributed by atoms with van der Waals surface area (Å²) in [4.78, 5) is 11.9. The van der Waals surface area contributed by atoms with Gasteiger partial charge < -0.3 is 15.7 Å². The Morgan fingerprint density at radius 2 is 2.17 bits per heavy atom. The zero-order chi connectivity index (χ0) is 13.5. The molecule has 4 nitrogen and oxygen atoms in total. The van der Waals surface area contributed by atoms with E-state index in [2.05, 4.69) is 30.7 Å². The van der Waals surface area contributed by atoms with Crippen LogP contribution in [0.3, 0.4) is 0 Å². The summed E-state index contributed by atoms with van der Waals surface area (Å²) in [5.41, 5.74) is 0. The fourth-order valence-electron chi connectivity index (χ4n) is 2.52. The molecular weight excluding hydrogens is 248 g/mol. The second-order valence-electron chi connectivity index (χ2n) is 5.44. The summed E-state index contributed by atoms with van der Waals surface area (Å²) in [5.74, 6) is 0.466. The fraction of sp³-hybridized carbons (Fsp3) is 0.923. The largest absolute Gasteiger partial charge is 0.394 e. The molecule has 1 saturated carbocycles. The van der Waals surface area contributed by atoms with E-state index in [1.165, 1.54) is 12.8 Å². The first kappa shape index (κ1) is 15.6. The van der Waals surface area contributed by atoms with E-state index in [0.29, 0.717) is 11.2 Å². The van der Waals surface area contributed by atoms with Crippen molar-refractivity contribution in [2.75, 3.05) is 12.9 Å². The first-order valence-corrected chi connectivity index (χ1v) is 8.06. The van der Waals surface area contributed by atoms with Gasteiger partial charge in [0, 0.05) is 11.3 Å². The van der Waals surface area contributed by atoms with E-state index in [1.54, 1.807) is 0 Å². The molecule has 0 aromatic carbocycles. The van der Waals surface area contributed by atoms with Crippen molar-refractivity contribution in [2.45, 2.75) is 56.9 Å². The van der Waals surface area contributed by atoms with Gasteiger partial charge in [-0.3, -0.25) is 0 Å². The monoisotopic (exact) mass is 274 g/mol. The van der Waals surface area contributed by atoms with Gasteiger partial charge in [-0.1, -0.05) is 20.3 Å². The Hall–Kier alpha value is -0.420. The number of nitrogens with one attached hydrogen (secondary N) is 2. The van der Waals surface area contributed by atoms with E-state index in [-0.39, 0.29) is 24.7 Å². The molecule has 0 radical (unpaired) electrons. The van der Waals surface area contributed by atoms with Crippen LogP contribution in [0.15, 0.2) is 0 Å². The number of rotatable bonds is 6. The van der Waals surface area contributed by atoms with E-state index in [4.69, 9.17) is 0 Å². The van der Waals surface area contributed by atoms with Crippen LogP contribution in [0.1, 0.15) is 39.5 Å². The summed E-state index contributed by atoms with van der Waals surface area (Å²) in [6.07, 6.45) is 6.33. The Bertz CT molecular complexity index is 261. The van der Waals surface area contributed by atoms with Crippen molar-refractivity contribution in [3.8, 4) is 0 Å². The van der Waals surface area contributed by atoms with Crippen LogP contribution in [0.2, 0.25) is 0 Å². The van der Waals surface area contributed by atoms with Gasteiger partial charge in [0.25, 0.3) is 0 Å². The first-order chi connectivity index (χ1) is 8.56. The van der Waals surface area contributed by atoms with Gasteiger partial charge in [0.2, 0.25) is 0 Å². The SMILES string of the molecule is CSC1CCCC1NC(=O)NC(CO)CC(C)C. The van der Waals surface area contributed by atoms with Crippen LogP contribution in [-0.2, 0) is 0 Å². The van der Waals surface area contributed by atoms with Crippen molar-refractivity contribution in [1.82, 2.24) is 10.6 Å². The quantitative estimate of drug-likeness (QED) is 0.694. The van der Waals surface area contributed by atoms with E-state index < -0.39 is 0 Å². The second-order valence-corrected chi connectivity index (χ2v) is 6.52. The van der Waals surface area contributed by atoms with Crippen LogP contribution in [0.25, 0.3) is 0 Å². The standard InChI is InChI=1S/C13H26N2O2S/c1-9(2)7-10(8-16)14-13(17)15-11-5-4-6-12(11)18-3/h9-12,16H,4-8H2,1-3H3,(H2,14,15,17). The van der Waals surface area contributed by atoms with Gasteiger partial charge in [0.1, 0.15) is 0 Å². The molecule has 18 heavy (non-hydrogen) atoms. The molecule has 1 aliphatic rings. The van der Waals surface area contributed by atoms with Crippen LogP contribution >= 0.6 is 11.8 Å². The number of amides is 2. The van der Waals surface area contributed by atoms with Gasteiger partial charge in [-0.05, 0) is 31.4 Å². The molecule has 2 amide bonds. The van der Waals surface area contributed by atoms with Gasteiger partial charge in [0.05, 0.1) is 12.6 Å². The van der Waals surface area contributed by atoms with E-state index in [9.17, 15) is 9.90 Å². The molecule has 3 atom stereocenters. The maximum Gasteiger partial charge on any atom is 0.315 e. The van der Waals surface area contributed by atoms with E-state index in [0.717, 1.165) is 12.8 Å². The normalized spacial score (nSPS) is 25.2. The summed E-state index contributed by atoms with van der Waals surface area (Å²) in [6.45, 7) is 4.17. The Balaban J connectivity index is 2.35. The number of aliphatic hydroxyl groups is 1. The topological polar surface area (TPSA) is 61.4 Å². The summed E-state index contributed by atoms with van der Waals surface area (Å²) in [6, 6.07) is -0.00169. The maximum atomic E-state index is 11.9. The van der Waals surface area contributed by atoms with Crippen LogP contribution in [0, 0.1) is 5.92 Å². The number of aliphatic hydroxyl groups excluding tert-OH is 1. The molecule has 0 spiro atoms. The average molecular weight is 274 g/mol. The highest BCUT2D eigenvalue weighted by molar-refractivity contribution is 7.99. The van der Waals surface area contributed by atoms with Crippen molar-refractivity contribution in [3.05, 3.63) is 0 Å². The molecule has 5 heteroatoms. The zero-order valence-electron chi connectivity index (χ0n) is 11.6. The molecule has 0 aliphatic heterocycles. The number of hydrogen-bond acceptors (Lipinski definition) is 3. The van der Waals surface area contributed by atoms with Crippen molar-refractivity contribution in [3.63, 3.8) is 0 Å². The smallest absolute Gasteiger partial charge is 0.315 e. The van der Waals surface area contributed by atoms with Gasteiger partial charge in [-0.25, -0.2) is 4.79 Å². The molecule has 1 rings (SSSR count). The predicted octanol–water partition coefficient (Wildman–Crippen LogP) is 1.98. The number of thioether (sulfide) groups is 1. The predicted molar refractivity (Wildman–Crippen MR) is 76.9 cm³/mol. The number of carbonyl (C=O) groups excluding carboxylic acids is 1. The van der Waals surface area contributed by atoms with Gasteiger partial charge in [-0.15, -0.1) is 0 Å². The zero-order valence-corrected chi connectivity index (χ0v) is 12.4. The Morgan fingerprint density at radius 3 is 2.72 bits per heavy atom. The third-order valence-corrected chi connectivity index (χ3v) is 4.55. The molecule has 3 unspecified atom stereocenters. The Kier molecular flexibility index (Phi) is 6.86. The minimum atomic E-state index is -0.140. The molecule has 0 saturated heterocycles. The molecule has 0 heterocycles. The number of carbonyl (C=O) groups is 1. The molecule has 3 N–H and O–H groups in total. The summed E-state index contributed by atoms with van der Waals surface area (Å²) in [5, 5.41) is 15.7. The highest BCUT2D eigenvalue weighted by Crippen LogP contribution is 2.28. The molecule has 106 valence electrons. The van der Waals surface area contributed by atoms with Crippen molar-refractivity contribution in [1.29, 1.82) is 0 Å². The Morgan fingerprint density at radius 1 is 1.44 bits per heavy atom. The average Bonchev–Trinajstić information content (AvgIpc) is 2.74. The maximum absolute atomic E-state index is 11.9. The lowest BCUT2D eigenvalue weighted by Gasteiger charge is -2.23. The van der Waals surface area contributed by atoms with Gasteiger partial charge in [-0.2, -0.15) is 11.8 Å². The highest BCUT2D eigenvalue weighted by atomic mass is 32.2. The van der Waals surface area contributed by atoms with Crippen LogP contribution in [0.4, 0.5) is 4.79 Å². The molecule has 1 aliphatic carbocycles. The van der Waals surface area contributed by atoms with Crippen LogP contribution in [-0.4, -0.2) is 41.3 Å². The summed E-state index contributed by atoms with van der Waals surface area (Å²) >= 11 is 1.83. The summed E-state index contributed by atoms with van der Waals surface area (Å²) < 4.78 is 0. The minimum Gasteiger partial charge on any atom is -0.394 e. The lowest BCUT2D eigenvalue weighted by Crippen LogP contribution is -2.49. The Labute approximate surface area is 114 Å². The second kappa shape index (κ2) is 7.89. The van der Waals surface area contributed by atoms with Crippen LogP contribution in [0.5, 0.6) is 0 Å². The lowest BCUT2D eigenvalue weighted by molar-refractivity contribution is 0.205. The molecular formula is C13H26N2O2S. The molecule has 0 aromatic heterocycles.